The monoisotopic (exact) mass is 514 g/mol. The third-order valence-corrected chi connectivity index (χ3v) is 9.32. The second-order valence-corrected chi connectivity index (χ2v) is 11.6. The molecule has 0 unspecified atom stereocenters. The number of carbonyl (C=O) groups excluding carboxylic acids is 2. The molecule has 0 aromatic heterocycles. The van der Waals surface area contributed by atoms with Crippen molar-refractivity contribution >= 4 is 17.5 Å². The fourth-order valence-corrected chi connectivity index (χ4v) is 6.95. The first-order valence-electron chi connectivity index (χ1n) is 15.0. The first-order valence-corrected chi connectivity index (χ1v) is 15.0. The van der Waals surface area contributed by atoms with Gasteiger partial charge in [0.25, 0.3) is 11.8 Å². The van der Waals surface area contributed by atoms with Crippen molar-refractivity contribution in [3.63, 3.8) is 0 Å². The zero-order valence-electron chi connectivity index (χ0n) is 22.7. The zero-order chi connectivity index (χ0) is 25.9. The van der Waals surface area contributed by atoms with Crippen molar-refractivity contribution < 1.29 is 9.59 Å². The van der Waals surface area contributed by atoms with Gasteiger partial charge in [0.2, 0.25) is 0 Å². The number of piperazine rings is 1. The first kappa shape index (κ1) is 25.4. The minimum Gasteiger partial charge on any atom is -0.368 e. The van der Waals surface area contributed by atoms with E-state index in [0.29, 0.717) is 11.1 Å². The molecule has 202 valence electrons. The van der Waals surface area contributed by atoms with Gasteiger partial charge in [0, 0.05) is 75.2 Å². The molecule has 0 N–H and O–H groups in total. The van der Waals surface area contributed by atoms with E-state index in [1.54, 1.807) is 0 Å². The topological polar surface area (TPSA) is 47.1 Å². The molecule has 0 radical (unpaired) electrons. The lowest BCUT2D eigenvalue weighted by Gasteiger charge is -2.36. The van der Waals surface area contributed by atoms with Crippen molar-refractivity contribution in [1.82, 2.24) is 14.7 Å². The molecule has 2 amide bonds. The first-order chi connectivity index (χ1) is 18.7. The highest BCUT2D eigenvalue weighted by atomic mass is 16.2. The van der Waals surface area contributed by atoms with E-state index in [-0.39, 0.29) is 11.8 Å². The summed E-state index contributed by atoms with van der Waals surface area (Å²) in [7, 11) is 0. The summed E-state index contributed by atoms with van der Waals surface area (Å²) in [5, 5.41) is 0. The highest BCUT2D eigenvalue weighted by Crippen LogP contribution is 2.28. The minimum absolute atomic E-state index is 0.0653. The number of benzene rings is 2. The van der Waals surface area contributed by atoms with Gasteiger partial charge in [0.1, 0.15) is 0 Å². The molecule has 3 fully saturated rings. The van der Waals surface area contributed by atoms with E-state index < -0.39 is 0 Å². The zero-order valence-corrected chi connectivity index (χ0v) is 22.7. The van der Waals surface area contributed by atoms with E-state index in [9.17, 15) is 9.59 Å². The average molecular weight is 515 g/mol. The van der Waals surface area contributed by atoms with E-state index in [2.05, 4.69) is 28.0 Å². The minimum atomic E-state index is 0.0653. The largest absolute Gasteiger partial charge is 0.368 e. The van der Waals surface area contributed by atoms with Crippen LogP contribution in [0.3, 0.4) is 0 Å². The number of amides is 2. The third kappa shape index (κ3) is 5.47. The van der Waals surface area contributed by atoms with Crippen molar-refractivity contribution in [2.75, 3.05) is 57.3 Å². The van der Waals surface area contributed by atoms with Crippen LogP contribution in [0.15, 0.2) is 42.5 Å². The Morgan fingerprint density at radius 1 is 0.579 bits per heavy atom. The van der Waals surface area contributed by atoms with Gasteiger partial charge in [0.15, 0.2) is 0 Å². The van der Waals surface area contributed by atoms with E-state index in [4.69, 9.17) is 0 Å². The molecule has 4 aliphatic rings. The molecule has 38 heavy (non-hydrogen) atoms. The summed E-state index contributed by atoms with van der Waals surface area (Å²) in [5.74, 6) is 0.153. The Morgan fingerprint density at radius 2 is 1.16 bits per heavy atom. The Morgan fingerprint density at radius 3 is 1.79 bits per heavy atom. The summed E-state index contributed by atoms with van der Waals surface area (Å²) in [6.45, 7) is 7.21. The lowest BCUT2D eigenvalue weighted by atomic mass is 10.0. The van der Waals surface area contributed by atoms with Crippen LogP contribution in [0.5, 0.6) is 0 Å². The predicted octanol–water partition coefficient (Wildman–Crippen LogP) is 4.62. The number of rotatable bonds is 4. The maximum Gasteiger partial charge on any atom is 0.253 e. The molecule has 6 rings (SSSR count). The second-order valence-electron chi connectivity index (χ2n) is 11.6. The molecular formula is C32H42N4O2. The van der Waals surface area contributed by atoms with E-state index in [0.717, 1.165) is 71.0 Å². The summed E-state index contributed by atoms with van der Waals surface area (Å²) in [6.07, 6.45) is 11.2. The van der Waals surface area contributed by atoms with Crippen LogP contribution in [0.25, 0.3) is 0 Å². The smallest absolute Gasteiger partial charge is 0.253 e. The highest BCUT2D eigenvalue weighted by Gasteiger charge is 2.26. The molecule has 6 heteroatoms. The Balaban J connectivity index is 1.03. The number of hydrogen-bond acceptors (Lipinski definition) is 4. The number of likely N-dealkylation sites (tertiary alicyclic amines) is 1. The molecule has 6 nitrogen and oxygen atoms in total. The molecule has 0 atom stereocenters. The summed E-state index contributed by atoms with van der Waals surface area (Å²) < 4.78 is 0. The lowest BCUT2D eigenvalue weighted by molar-refractivity contribution is 0.0719. The van der Waals surface area contributed by atoms with Crippen LogP contribution in [-0.2, 0) is 12.8 Å². The number of hydrogen-bond donors (Lipinski definition) is 0. The van der Waals surface area contributed by atoms with Gasteiger partial charge in [-0.1, -0.05) is 18.9 Å². The summed E-state index contributed by atoms with van der Waals surface area (Å²) in [5.41, 5.74) is 5.69. The van der Waals surface area contributed by atoms with Crippen LogP contribution >= 0.6 is 0 Å². The van der Waals surface area contributed by atoms with Crippen LogP contribution in [0.1, 0.15) is 76.8 Å². The summed E-state index contributed by atoms with van der Waals surface area (Å²) >= 11 is 0. The van der Waals surface area contributed by atoms with Gasteiger partial charge in [-0.2, -0.15) is 0 Å². The van der Waals surface area contributed by atoms with Crippen molar-refractivity contribution in [3.8, 4) is 0 Å². The van der Waals surface area contributed by atoms with Gasteiger partial charge >= 0.3 is 0 Å². The number of piperidine rings is 1. The fourth-order valence-electron chi connectivity index (χ4n) is 6.95. The molecule has 0 bridgehead atoms. The maximum atomic E-state index is 13.2. The third-order valence-electron chi connectivity index (χ3n) is 9.32. The second kappa shape index (κ2) is 11.5. The number of carbonyl (C=O) groups is 2. The van der Waals surface area contributed by atoms with E-state index in [1.165, 1.54) is 62.0 Å². The van der Waals surface area contributed by atoms with Crippen molar-refractivity contribution in [2.24, 2.45) is 0 Å². The standard InChI is InChI=1S/C32H42N4O2/c37-31(35-16-4-1-5-17-35)26-8-10-27(11-9-26)32(38)36-22-20-34(21-23-36)30-13-12-25-14-18-33(19-15-28(25)24-30)29-6-2-3-7-29/h8-13,24,29H,1-7,14-23H2. The Labute approximate surface area is 227 Å². The number of nitrogens with zero attached hydrogens (tertiary/aromatic N) is 4. The summed E-state index contributed by atoms with van der Waals surface area (Å²) in [6, 6.07) is 15.2. The Hall–Kier alpha value is -2.86. The quantitative estimate of drug-likeness (QED) is 0.598. The van der Waals surface area contributed by atoms with Gasteiger partial charge in [-0.05, 0) is 92.5 Å². The van der Waals surface area contributed by atoms with Crippen LogP contribution in [0.4, 0.5) is 5.69 Å². The summed E-state index contributed by atoms with van der Waals surface area (Å²) in [4.78, 5) is 35.0. The molecule has 1 aliphatic carbocycles. The fraction of sp³-hybridized carbons (Fsp3) is 0.562. The van der Waals surface area contributed by atoms with Crippen LogP contribution in [-0.4, -0.2) is 84.9 Å². The Kier molecular flexibility index (Phi) is 7.68. The molecule has 0 spiro atoms. The SMILES string of the molecule is O=C(c1ccc(C(=O)N2CCN(c3ccc4c(c3)CCN(C3CCCC3)CC4)CC2)cc1)N1CCCCC1. The van der Waals surface area contributed by atoms with Crippen molar-refractivity contribution in [1.29, 1.82) is 0 Å². The Bertz CT molecular complexity index is 1130. The molecule has 3 heterocycles. The van der Waals surface area contributed by atoms with Crippen molar-refractivity contribution in [3.05, 3.63) is 64.7 Å². The van der Waals surface area contributed by atoms with E-state index >= 15 is 0 Å². The lowest BCUT2D eigenvalue weighted by Crippen LogP contribution is -2.48. The van der Waals surface area contributed by atoms with Gasteiger partial charge in [-0.3, -0.25) is 14.5 Å². The van der Waals surface area contributed by atoms with E-state index in [1.807, 2.05) is 34.1 Å². The highest BCUT2D eigenvalue weighted by molar-refractivity contribution is 5.98. The normalized spacial score (nSPS) is 21.3. The number of fused-ring (bicyclic) bond motifs is 1. The molecule has 2 saturated heterocycles. The molecular weight excluding hydrogens is 472 g/mol. The van der Waals surface area contributed by atoms with Gasteiger partial charge in [-0.15, -0.1) is 0 Å². The molecule has 3 aliphatic heterocycles. The van der Waals surface area contributed by atoms with Crippen LogP contribution in [0, 0.1) is 0 Å². The van der Waals surface area contributed by atoms with Gasteiger partial charge in [0.05, 0.1) is 0 Å². The van der Waals surface area contributed by atoms with Crippen molar-refractivity contribution in [2.45, 2.75) is 63.8 Å². The molecule has 2 aromatic carbocycles. The van der Waals surface area contributed by atoms with Gasteiger partial charge < -0.3 is 14.7 Å². The predicted molar refractivity (Wildman–Crippen MR) is 152 cm³/mol. The molecule has 2 aromatic rings. The van der Waals surface area contributed by atoms with Gasteiger partial charge in [-0.25, -0.2) is 0 Å². The number of anilines is 1. The van der Waals surface area contributed by atoms with Crippen LogP contribution < -0.4 is 4.90 Å². The molecule has 1 saturated carbocycles. The average Bonchev–Trinajstić information content (AvgIpc) is 3.44. The maximum absolute atomic E-state index is 13.2. The van der Waals surface area contributed by atoms with Crippen LogP contribution in [0.2, 0.25) is 0 Å².